The third kappa shape index (κ3) is 6.31. The molecular formula is C26H23Cl2N3O3S. The van der Waals surface area contributed by atoms with Gasteiger partial charge in [-0.15, -0.1) is 11.8 Å². The van der Waals surface area contributed by atoms with E-state index in [4.69, 9.17) is 27.9 Å². The molecule has 6 nitrogen and oxygen atoms in total. The Labute approximate surface area is 217 Å². The van der Waals surface area contributed by atoms with Crippen LogP contribution < -0.4 is 15.4 Å². The van der Waals surface area contributed by atoms with Gasteiger partial charge in [0, 0.05) is 51.9 Å². The summed E-state index contributed by atoms with van der Waals surface area (Å²) in [5.74, 6) is 0.583. The number of para-hydroxylation sites is 1. The average Bonchev–Trinajstić information content (AvgIpc) is 3.20. The van der Waals surface area contributed by atoms with Crippen molar-refractivity contribution in [3.63, 3.8) is 0 Å². The predicted octanol–water partition coefficient (Wildman–Crippen LogP) is 6.12. The Kier molecular flexibility index (Phi) is 8.23. The van der Waals surface area contributed by atoms with E-state index in [2.05, 4.69) is 15.2 Å². The summed E-state index contributed by atoms with van der Waals surface area (Å²) in [6.45, 7) is 0.977. The molecule has 0 unspecified atom stereocenters. The van der Waals surface area contributed by atoms with Gasteiger partial charge in [-0.25, -0.2) is 0 Å². The van der Waals surface area contributed by atoms with Gasteiger partial charge in [0.15, 0.2) is 0 Å². The Hall–Kier alpha value is -3.13. The van der Waals surface area contributed by atoms with Crippen LogP contribution in [0.25, 0.3) is 10.9 Å². The van der Waals surface area contributed by atoms with E-state index < -0.39 is 0 Å². The Morgan fingerprint density at radius 1 is 1.03 bits per heavy atom. The molecule has 1 heterocycles. The maximum absolute atomic E-state index is 12.5. The normalized spacial score (nSPS) is 10.8. The summed E-state index contributed by atoms with van der Waals surface area (Å²) in [6.07, 6.45) is 2.01. The minimum absolute atomic E-state index is 0.104. The second-order valence-corrected chi connectivity index (χ2v) is 9.51. The molecule has 180 valence electrons. The fourth-order valence-corrected chi connectivity index (χ4v) is 5.00. The number of hydrogen-bond donors (Lipinski definition) is 2. The van der Waals surface area contributed by atoms with Crippen molar-refractivity contribution in [3.05, 3.63) is 88.5 Å². The van der Waals surface area contributed by atoms with Gasteiger partial charge in [0.2, 0.25) is 5.91 Å². The second-order valence-electron chi connectivity index (χ2n) is 7.65. The van der Waals surface area contributed by atoms with Crippen molar-refractivity contribution in [2.24, 2.45) is 0 Å². The van der Waals surface area contributed by atoms with Crippen LogP contribution in [0.1, 0.15) is 10.4 Å². The molecule has 2 N–H and O–H groups in total. The Bertz CT molecular complexity index is 1370. The third-order valence-electron chi connectivity index (χ3n) is 5.28. The van der Waals surface area contributed by atoms with Crippen LogP contribution in [0, 0.1) is 0 Å². The number of carbonyl (C=O) groups excluding carboxylic acids is 2. The fraction of sp³-hybridized carbons (Fsp3) is 0.154. The summed E-state index contributed by atoms with van der Waals surface area (Å²) in [4.78, 5) is 26.0. The smallest absolute Gasteiger partial charge is 0.252 e. The van der Waals surface area contributed by atoms with Gasteiger partial charge in [-0.1, -0.05) is 47.5 Å². The number of nitrogens with one attached hydrogen (secondary N) is 2. The molecule has 0 aliphatic carbocycles. The van der Waals surface area contributed by atoms with E-state index in [0.717, 1.165) is 15.8 Å². The molecule has 0 saturated heterocycles. The molecule has 0 radical (unpaired) electrons. The lowest BCUT2D eigenvalue weighted by Crippen LogP contribution is -2.27. The lowest BCUT2D eigenvalue weighted by molar-refractivity contribution is -0.113. The van der Waals surface area contributed by atoms with Crippen molar-refractivity contribution in [2.75, 3.05) is 24.7 Å². The Morgan fingerprint density at radius 3 is 2.66 bits per heavy atom. The van der Waals surface area contributed by atoms with Gasteiger partial charge in [0.05, 0.1) is 23.4 Å². The highest BCUT2D eigenvalue weighted by Gasteiger charge is 2.13. The lowest BCUT2D eigenvalue weighted by Gasteiger charge is -2.09. The number of methoxy groups -OCH3 is 1. The number of rotatable bonds is 9. The summed E-state index contributed by atoms with van der Waals surface area (Å²) < 4.78 is 7.27. The summed E-state index contributed by atoms with van der Waals surface area (Å²) in [5.41, 5.74) is 2.10. The highest BCUT2D eigenvalue weighted by Crippen LogP contribution is 2.30. The Balaban J connectivity index is 1.38. The number of halogens is 2. The number of anilines is 1. The molecule has 0 fully saturated rings. The standard InChI is InChI=1S/C26H23Cl2N3O3S/c1-34-19-6-4-5-18(14-19)30-25(32)16-35-24-15-31(23-8-3-2-7-21(23)24)12-11-29-26(33)20-10-9-17(27)13-22(20)28/h2-10,13-15H,11-12,16H2,1H3,(H,29,33)(H,30,32). The minimum atomic E-state index is -0.257. The van der Waals surface area contributed by atoms with Gasteiger partial charge in [0.25, 0.3) is 5.91 Å². The van der Waals surface area contributed by atoms with Crippen LogP contribution in [0.3, 0.4) is 0 Å². The first-order chi connectivity index (χ1) is 16.9. The van der Waals surface area contributed by atoms with Gasteiger partial charge < -0.3 is 19.9 Å². The number of amides is 2. The average molecular weight is 528 g/mol. The quantitative estimate of drug-likeness (QED) is 0.257. The molecule has 0 atom stereocenters. The topological polar surface area (TPSA) is 72.4 Å². The van der Waals surface area contributed by atoms with E-state index in [1.54, 1.807) is 31.4 Å². The zero-order chi connectivity index (χ0) is 24.8. The molecule has 4 aromatic rings. The minimum Gasteiger partial charge on any atom is -0.497 e. The van der Waals surface area contributed by atoms with Crippen LogP contribution in [0.15, 0.2) is 77.8 Å². The molecule has 35 heavy (non-hydrogen) atoms. The molecule has 0 saturated carbocycles. The maximum Gasteiger partial charge on any atom is 0.252 e. The van der Waals surface area contributed by atoms with Crippen molar-refractivity contribution in [1.29, 1.82) is 0 Å². The Morgan fingerprint density at radius 2 is 1.86 bits per heavy atom. The SMILES string of the molecule is COc1cccc(NC(=O)CSc2cn(CCNC(=O)c3ccc(Cl)cc3Cl)c3ccccc23)c1. The number of thioether (sulfide) groups is 1. The van der Waals surface area contributed by atoms with Crippen molar-refractivity contribution < 1.29 is 14.3 Å². The molecule has 4 rings (SSSR count). The first-order valence-corrected chi connectivity index (χ1v) is 12.6. The highest BCUT2D eigenvalue weighted by molar-refractivity contribution is 8.00. The number of aromatic nitrogens is 1. The van der Waals surface area contributed by atoms with E-state index in [1.165, 1.54) is 11.8 Å². The summed E-state index contributed by atoms with van der Waals surface area (Å²) >= 11 is 13.5. The number of nitrogens with zero attached hydrogens (tertiary/aromatic N) is 1. The number of hydrogen-bond acceptors (Lipinski definition) is 4. The largest absolute Gasteiger partial charge is 0.497 e. The van der Waals surface area contributed by atoms with Crippen LogP contribution >= 0.6 is 35.0 Å². The van der Waals surface area contributed by atoms with Gasteiger partial charge >= 0.3 is 0 Å². The number of ether oxygens (including phenoxy) is 1. The number of carbonyl (C=O) groups is 2. The van der Waals surface area contributed by atoms with Crippen molar-refractivity contribution in [1.82, 2.24) is 9.88 Å². The molecule has 2 amide bonds. The zero-order valence-corrected chi connectivity index (χ0v) is 21.2. The van der Waals surface area contributed by atoms with E-state index >= 15 is 0 Å². The van der Waals surface area contributed by atoms with Crippen molar-refractivity contribution >= 4 is 63.4 Å². The third-order valence-corrected chi connectivity index (χ3v) is 6.87. The predicted molar refractivity (Wildman–Crippen MR) is 143 cm³/mol. The lowest BCUT2D eigenvalue weighted by atomic mass is 10.2. The molecule has 3 aromatic carbocycles. The number of benzene rings is 3. The first kappa shape index (κ1) is 25.0. The molecule has 9 heteroatoms. The van der Waals surface area contributed by atoms with Crippen LogP contribution in [-0.4, -0.2) is 35.8 Å². The summed E-state index contributed by atoms with van der Waals surface area (Å²) in [7, 11) is 1.59. The monoisotopic (exact) mass is 527 g/mol. The van der Waals surface area contributed by atoms with Crippen LogP contribution in [-0.2, 0) is 11.3 Å². The van der Waals surface area contributed by atoms with E-state index in [0.29, 0.717) is 40.1 Å². The summed E-state index contributed by atoms with van der Waals surface area (Å²) in [5, 5.41) is 7.64. The van der Waals surface area contributed by atoms with E-state index in [-0.39, 0.29) is 17.6 Å². The molecule has 0 bridgehead atoms. The van der Waals surface area contributed by atoms with E-state index in [1.807, 2.05) is 48.7 Å². The van der Waals surface area contributed by atoms with Crippen LogP contribution in [0.5, 0.6) is 5.75 Å². The van der Waals surface area contributed by atoms with Gasteiger partial charge in [-0.3, -0.25) is 9.59 Å². The summed E-state index contributed by atoms with van der Waals surface area (Å²) in [6, 6.07) is 20.0. The highest BCUT2D eigenvalue weighted by atomic mass is 35.5. The first-order valence-electron chi connectivity index (χ1n) is 10.8. The zero-order valence-electron chi connectivity index (χ0n) is 18.9. The molecule has 0 spiro atoms. The van der Waals surface area contributed by atoms with Gasteiger partial charge in [-0.2, -0.15) is 0 Å². The maximum atomic E-state index is 12.5. The molecule has 1 aromatic heterocycles. The van der Waals surface area contributed by atoms with Crippen LogP contribution in [0.4, 0.5) is 5.69 Å². The molecular weight excluding hydrogens is 505 g/mol. The molecule has 0 aliphatic heterocycles. The van der Waals surface area contributed by atoms with E-state index in [9.17, 15) is 9.59 Å². The van der Waals surface area contributed by atoms with Crippen molar-refractivity contribution in [2.45, 2.75) is 11.4 Å². The second kappa shape index (κ2) is 11.5. The van der Waals surface area contributed by atoms with Crippen molar-refractivity contribution in [3.8, 4) is 5.75 Å². The number of fused-ring (bicyclic) bond motifs is 1. The molecule has 0 aliphatic rings. The fourth-order valence-electron chi connectivity index (χ4n) is 3.61. The van der Waals surface area contributed by atoms with Gasteiger partial charge in [-0.05, 0) is 36.4 Å². The van der Waals surface area contributed by atoms with Crippen LogP contribution in [0.2, 0.25) is 10.0 Å². The van der Waals surface area contributed by atoms with Gasteiger partial charge in [0.1, 0.15) is 5.75 Å².